The summed E-state index contributed by atoms with van der Waals surface area (Å²) in [6.07, 6.45) is 8.50. The predicted molar refractivity (Wildman–Crippen MR) is 72.7 cm³/mol. The first-order chi connectivity index (χ1) is 9.07. The van der Waals surface area contributed by atoms with Gasteiger partial charge in [0.2, 0.25) is 5.91 Å². The second-order valence-electron chi connectivity index (χ2n) is 6.21. The van der Waals surface area contributed by atoms with E-state index in [1.807, 2.05) is 0 Å². The number of aliphatic carboxylic acids is 1. The van der Waals surface area contributed by atoms with Crippen molar-refractivity contribution in [1.29, 1.82) is 0 Å². The summed E-state index contributed by atoms with van der Waals surface area (Å²) in [6.45, 7) is 2.10. The minimum Gasteiger partial charge on any atom is -0.481 e. The SMILES string of the molecule is CCC1(C(=O)N[C@H]2CC[C@@H](C(=O)O)C2)CCCCC1. The summed E-state index contributed by atoms with van der Waals surface area (Å²) >= 11 is 0. The maximum absolute atomic E-state index is 12.5. The standard InChI is InChI=1S/C15H25NO3/c1-2-15(8-4-3-5-9-15)14(19)16-12-7-6-11(10-12)13(17)18/h11-12H,2-10H2,1H3,(H,16,19)(H,17,18)/t11-,12+/m1/s1. The first-order valence-corrected chi connectivity index (χ1v) is 7.61. The van der Waals surface area contributed by atoms with Gasteiger partial charge in [0.25, 0.3) is 0 Å². The molecule has 2 atom stereocenters. The topological polar surface area (TPSA) is 66.4 Å². The fourth-order valence-electron chi connectivity index (χ4n) is 3.65. The van der Waals surface area contributed by atoms with Gasteiger partial charge in [0, 0.05) is 11.5 Å². The lowest BCUT2D eigenvalue weighted by Crippen LogP contribution is -2.45. The highest BCUT2D eigenvalue weighted by atomic mass is 16.4. The van der Waals surface area contributed by atoms with Crippen LogP contribution in [0.25, 0.3) is 0 Å². The second kappa shape index (κ2) is 5.93. The number of carbonyl (C=O) groups excluding carboxylic acids is 1. The van der Waals surface area contributed by atoms with E-state index < -0.39 is 5.97 Å². The maximum Gasteiger partial charge on any atom is 0.306 e. The van der Waals surface area contributed by atoms with Gasteiger partial charge in [-0.1, -0.05) is 26.2 Å². The van der Waals surface area contributed by atoms with Gasteiger partial charge in [-0.3, -0.25) is 9.59 Å². The van der Waals surface area contributed by atoms with Gasteiger partial charge >= 0.3 is 5.97 Å². The Hall–Kier alpha value is -1.06. The van der Waals surface area contributed by atoms with Gasteiger partial charge in [-0.2, -0.15) is 0 Å². The summed E-state index contributed by atoms with van der Waals surface area (Å²) in [7, 11) is 0. The van der Waals surface area contributed by atoms with E-state index in [0.717, 1.165) is 38.5 Å². The zero-order valence-electron chi connectivity index (χ0n) is 11.8. The Bertz CT molecular complexity index is 347. The Morgan fingerprint density at radius 1 is 1.21 bits per heavy atom. The van der Waals surface area contributed by atoms with Crippen LogP contribution in [0.2, 0.25) is 0 Å². The molecule has 19 heavy (non-hydrogen) atoms. The van der Waals surface area contributed by atoms with Crippen molar-refractivity contribution in [2.75, 3.05) is 0 Å². The molecule has 0 unspecified atom stereocenters. The van der Waals surface area contributed by atoms with Crippen LogP contribution in [0, 0.1) is 11.3 Å². The Morgan fingerprint density at radius 2 is 1.89 bits per heavy atom. The van der Waals surface area contributed by atoms with Crippen molar-refractivity contribution in [3.63, 3.8) is 0 Å². The molecule has 2 aliphatic carbocycles. The van der Waals surface area contributed by atoms with Crippen molar-refractivity contribution in [3.8, 4) is 0 Å². The summed E-state index contributed by atoms with van der Waals surface area (Å²) in [5.74, 6) is -0.820. The molecule has 2 fully saturated rings. The smallest absolute Gasteiger partial charge is 0.306 e. The molecule has 2 N–H and O–H groups in total. The third-order valence-corrected chi connectivity index (χ3v) is 5.09. The Balaban J connectivity index is 1.91. The van der Waals surface area contributed by atoms with Gasteiger partial charge in [-0.15, -0.1) is 0 Å². The van der Waals surface area contributed by atoms with Crippen molar-refractivity contribution in [2.45, 2.75) is 70.8 Å². The van der Waals surface area contributed by atoms with E-state index in [-0.39, 0.29) is 23.3 Å². The Morgan fingerprint density at radius 3 is 2.42 bits per heavy atom. The van der Waals surface area contributed by atoms with E-state index in [9.17, 15) is 9.59 Å². The molecule has 0 aromatic carbocycles. The highest BCUT2D eigenvalue weighted by molar-refractivity contribution is 5.83. The van der Waals surface area contributed by atoms with Crippen LogP contribution in [0.5, 0.6) is 0 Å². The van der Waals surface area contributed by atoms with E-state index >= 15 is 0 Å². The summed E-state index contributed by atoms with van der Waals surface area (Å²) in [6, 6.07) is 0.0685. The van der Waals surface area contributed by atoms with Gasteiger partial charge in [-0.25, -0.2) is 0 Å². The molecule has 2 rings (SSSR count). The number of hydrogen-bond acceptors (Lipinski definition) is 2. The number of carboxylic acids is 1. The van der Waals surface area contributed by atoms with Gasteiger partial charge in [-0.05, 0) is 38.5 Å². The van der Waals surface area contributed by atoms with Crippen molar-refractivity contribution in [2.24, 2.45) is 11.3 Å². The third-order valence-electron chi connectivity index (χ3n) is 5.09. The van der Waals surface area contributed by atoms with Crippen molar-refractivity contribution in [1.82, 2.24) is 5.32 Å². The van der Waals surface area contributed by atoms with Crippen LogP contribution < -0.4 is 5.32 Å². The van der Waals surface area contributed by atoms with Crippen LogP contribution in [-0.2, 0) is 9.59 Å². The molecule has 2 aliphatic rings. The summed E-state index contributed by atoms with van der Waals surface area (Å²) < 4.78 is 0. The molecule has 0 aliphatic heterocycles. The molecular weight excluding hydrogens is 242 g/mol. The molecule has 0 aromatic heterocycles. The lowest BCUT2D eigenvalue weighted by atomic mass is 9.71. The molecule has 0 spiro atoms. The zero-order chi connectivity index (χ0) is 13.9. The lowest BCUT2D eigenvalue weighted by molar-refractivity contribution is -0.141. The normalized spacial score (nSPS) is 29.9. The number of rotatable bonds is 4. The molecule has 0 bridgehead atoms. The van der Waals surface area contributed by atoms with Gasteiger partial charge in [0.05, 0.1) is 5.92 Å². The van der Waals surface area contributed by atoms with Crippen LogP contribution in [0.15, 0.2) is 0 Å². The fraction of sp³-hybridized carbons (Fsp3) is 0.867. The second-order valence-corrected chi connectivity index (χ2v) is 6.21. The highest BCUT2D eigenvalue weighted by Crippen LogP contribution is 2.40. The molecule has 2 saturated carbocycles. The average molecular weight is 267 g/mol. The number of carbonyl (C=O) groups is 2. The first kappa shape index (κ1) is 14.4. The number of amides is 1. The first-order valence-electron chi connectivity index (χ1n) is 7.61. The van der Waals surface area contributed by atoms with Crippen molar-refractivity contribution < 1.29 is 14.7 Å². The van der Waals surface area contributed by atoms with E-state index in [2.05, 4.69) is 12.2 Å². The minimum absolute atomic E-state index is 0.0685. The van der Waals surface area contributed by atoms with Crippen LogP contribution in [-0.4, -0.2) is 23.0 Å². The molecule has 1 amide bonds. The summed E-state index contributed by atoms with van der Waals surface area (Å²) in [5, 5.41) is 12.1. The molecule has 0 saturated heterocycles. The lowest BCUT2D eigenvalue weighted by Gasteiger charge is -2.36. The van der Waals surface area contributed by atoms with Crippen molar-refractivity contribution >= 4 is 11.9 Å². The number of hydrogen-bond donors (Lipinski definition) is 2. The Labute approximate surface area is 115 Å². The number of carboxylic acid groups (broad SMARTS) is 1. The average Bonchev–Trinajstić information content (AvgIpc) is 2.88. The fourth-order valence-corrected chi connectivity index (χ4v) is 3.65. The largest absolute Gasteiger partial charge is 0.481 e. The Kier molecular flexibility index (Phi) is 4.48. The van der Waals surface area contributed by atoms with Crippen LogP contribution >= 0.6 is 0 Å². The summed E-state index contributed by atoms with van der Waals surface area (Å²) in [4.78, 5) is 23.5. The molecule has 0 aromatic rings. The van der Waals surface area contributed by atoms with Gasteiger partial charge in [0.1, 0.15) is 0 Å². The van der Waals surface area contributed by atoms with Crippen molar-refractivity contribution in [3.05, 3.63) is 0 Å². The third kappa shape index (κ3) is 3.10. The summed E-state index contributed by atoms with van der Waals surface area (Å²) in [5.41, 5.74) is -0.181. The number of nitrogens with one attached hydrogen (secondary N) is 1. The quantitative estimate of drug-likeness (QED) is 0.823. The van der Waals surface area contributed by atoms with Gasteiger partial charge < -0.3 is 10.4 Å². The minimum atomic E-state index is -0.723. The van der Waals surface area contributed by atoms with E-state index in [0.29, 0.717) is 12.8 Å². The van der Waals surface area contributed by atoms with Gasteiger partial charge in [0.15, 0.2) is 0 Å². The molecule has 4 nitrogen and oxygen atoms in total. The molecule has 108 valence electrons. The predicted octanol–water partition coefficient (Wildman–Crippen LogP) is 2.72. The molecule has 0 radical (unpaired) electrons. The van der Waals surface area contributed by atoms with E-state index in [1.165, 1.54) is 6.42 Å². The molecule has 0 heterocycles. The van der Waals surface area contributed by atoms with E-state index in [1.54, 1.807) is 0 Å². The zero-order valence-corrected chi connectivity index (χ0v) is 11.8. The monoisotopic (exact) mass is 267 g/mol. The molecule has 4 heteroatoms. The van der Waals surface area contributed by atoms with Crippen LogP contribution in [0.1, 0.15) is 64.7 Å². The highest BCUT2D eigenvalue weighted by Gasteiger charge is 2.40. The van der Waals surface area contributed by atoms with E-state index in [4.69, 9.17) is 5.11 Å². The van der Waals surface area contributed by atoms with Crippen LogP contribution in [0.3, 0.4) is 0 Å². The molecular formula is C15H25NO3. The van der Waals surface area contributed by atoms with Crippen LogP contribution in [0.4, 0.5) is 0 Å². The maximum atomic E-state index is 12.5.